The van der Waals surface area contributed by atoms with Crippen LogP contribution in [0.4, 0.5) is 9.18 Å². The first-order valence-corrected chi connectivity index (χ1v) is 10.2. The molecule has 3 heterocycles. The van der Waals surface area contributed by atoms with Crippen molar-refractivity contribution in [2.45, 2.75) is 52.7 Å². The zero-order chi connectivity index (χ0) is 21.2. The zero-order valence-corrected chi connectivity index (χ0v) is 16.8. The SMILES string of the molecule is CCc1cc2n(c(=O)c1COC(=O)O)Cc1c-2nc2cc(F)c(C)c3c2c1CCC3. The van der Waals surface area contributed by atoms with Crippen molar-refractivity contribution in [3.8, 4) is 11.4 Å². The van der Waals surface area contributed by atoms with Gasteiger partial charge in [-0.15, -0.1) is 0 Å². The number of fused-ring (bicyclic) bond motifs is 4. The van der Waals surface area contributed by atoms with Crippen LogP contribution in [0.3, 0.4) is 0 Å². The van der Waals surface area contributed by atoms with Crippen LogP contribution in [0.5, 0.6) is 0 Å². The molecule has 0 radical (unpaired) electrons. The van der Waals surface area contributed by atoms with E-state index in [0.717, 1.165) is 52.6 Å². The number of carbonyl (C=O) groups is 1. The molecule has 0 unspecified atom stereocenters. The number of pyridine rings is 2. The van der Waals surface area contributed by atoms with Gasteiger partial charge in [0.05, 0.1) is 29.0 Å². The third-order valence-electron chi connectivity index (χ3n) is 6.44. The molecule has 0 atom stereocenters. The molecule has 0 bridgehead atoms. The molecule has 0 amide bonds. The van der Waals surface area contributed by atoms with Crippen LogP contribution in [-0.2, 0) is 37.2 Å². The van der Waals surface area contributed by atoms with Crippen molar-refractivity contribution >= 4 is 17.1 Å². The molecule has 5 rings (SSSR count). The highest BCUT2D eigenvalue weighted by molar-refractivity contribution is 5.92. The van der Waals surface area contributed by atoms with Gasteiger partial charge in [0.25, 0.3) is 5.56 Å². The summed E-state index contributed by atoms with van der Waals surface area (Å²) < 4.78 is 20.9. The van der Waals surface area contributed by atoms with Crippen molar-refractivity contribution in [3.63, 3.8) is 0 Å². The van der Waals surface area contributed by atoms with E-state index in [4.69, 9.17) is 14.8 Å². The normalized spacial score (nSPS) is 14.0. The minimum atomic E-state index is -1.41. The molecule has 0 fully saturated rings. The Hall–Kier alpha value is -3.22. The standard InChI is InChI=1S/C23H21FN2O4/c1-3-12-7-19-21-15(9-26(19)22(27)16(12)10-30-23(28)29)14-6-4-5-13-11(2)17(24)8-18(25-21)20(13)14/h7-8H,3-6,9-10H2,1-2H3,(H,28,29). The molecular formula is C23H21FN2O4. The number of benzene rings is 1. The van der Waals surface area contributed by atoms with Crippen LogP contribution in [-0.4, -0.2) is 20.8 Å². The van der Waals surface area contributed by atoms with Crippen molar-refractivity contribution in [1.29, 1.82) is 0 Å². The maximum Gasteiger partial charge on any atom is 0.506 e. The molecule has 7 heteroatoms. The van der Waals surface area contributed by atoms with Crippen molar-refractivity contribution in [2.24, 2.45) is 0 Å². The lowest BCUT2D eigenvalue weighted by atomic mass is 9.85. The zero-order valence-electron chi connectivity index (χ0n) is 16.8. The van der Waals surface area contributed by atoms with Crippen molar-refractivity contribution in [1.82, 2.24) is 9.55 Å². The predicted octanol–water partition coefficient (Wildman–Crippen LogP) is 4.12. The van der Waals surface area contributed by atoms with Crippen LogP contribution in [0.2, 0.25) is 0 Å². The summed E-state index contributed by atoms with van der Waals surface area (Å²) in [4.78, 5) is 28.8. The maximum absolute atomic E-state index is 14.5. The van der Waals surface area contributed by atoms with E-state index in [9.17, 15) is 14.0 Å². The van der Waals surface area contributed by atoms with Gasteiger partial charge in [-0.2, -0.15) is 0 Å². The van der Waals surface area contributed by atoms with Gasteiger partial charge in [0.2, 0.25) is 0 Å². The molecular weight excluding hydrogens is 387 g/mol. The molecule has 2 aromatic heterocycles. The van der Waals surface area contributed by atoms with E-state index < -0.39 is 6.16 Å². The molecule has 1 aromatic carbocycles. The van der Waals surface area contributed by atoms with Crippen molar-refractivity contribution < 1.29 is 19.0 Å². The average molecular weight is 408 g/mol. The topological polar surface area (TPSA) is 81.4 Å². The Morgan fingerprint density at radius 2 is 2.03 bits per heavy atom. The van der Waals surface area contributed by atoms with Gasteiger partial charge in [-0.1, -0.05) is 6.92 Å². The second kappa shape index (κ2) is 6.65. The Morgan fingerprint density at radius 3 is 2.77 bits per heavy atom. The number of rotatable bonds is 3. The molecule has 1 N–H and O–H groups in total. The van der Waals surface area contributed by atoms with Gasteiger partial charge < -0.3 is 14.4 Å². The summed E-state index contributed by atoms with van der Waals surface area (Å²) in [5.41, 5.74) is 6.80. The van der Waals surface area contributed by atoms with E-state index in [1.54, 1.807) is 4.57 Å². The van der Waals surface area contributed by atoms with E-state index in [1.807, 2.05) is 19.9 Å². The Kier molecular flexibility index (Phi) is 4.17. The molecule has 6 nitrogen and oxygen atoms in total. The van der Waals surface area contributed by atoms with Crippen LogP contribution >= 0.6 is 0 Å². The van der Waals surface area contributed by atoms with Crippen LogP contribution in [0.1, 0.15) is 46.7 Å². The lowest BCUT2D eigenvalue weighted by Gasteiger charge is -2.21. The highest BCUT2D eigenvalue weighted by Crippen LogP contribution is 2.41. The first kappa shape index (κ1) is 18.8. The fraction of sp³-hybridized carbons (Fsp3) is 0.348. The number of hydrogen-bond donors (Lipinski definition) is 1. The summed E-state index contributed by atoms with van der Waals surface area (Å²) in [7, 11) is 0. The second-order valence-electron chi connectivity index (χ2n) is 7.96. The molecule has 1 aliphatic carbocycles. The Labute approximate surface area is 171 Å². The number of halogens is 1. The predicted molar refractivity (Wildman–Crippen MR) is 109 cm³/mol. The van der Waals surface area contributed by atoms with E-state index in [2.05, 4.69) is 0 Å². The fourth-order valence-electron chi connectivity index (χ4n) is 4.96. The van der Waals surface area contributed by atoms with E-state index in [0.29, 0.717) is 35.3 Å². The summed E-state index contributed by atoms with van der Waals surface area (Å²) in [5.74, 6) is -0.247. The Morgan fingerprint density at radius 1 is 1.27 bits per heavy atom. The lowest BCUT2D eigenvalue weighted by molar-refractivity contribution is 0.0847. The van der Waals surface area contributed by atoms with E-state index in [1.165, 1.54) is 6.07 Å². The van der Waals surface area contributed by atoms with Gasteiger partial charge in [0.15, 0.2) is 0 Å². The fourth-order valence-corrected chi connectivity index (χ4v) is 4.96. The van der Waals surface area contributed by atoms with Crippen molar-refractivity contribution in [3.05, 3.63) is 61.7 Å². The Bertz CT molecular complexity index is 1310. The van der Waals surface area contributed by atoms with Gasteiger partial charge in [0.1, 0.15) is 12.4 Å². The molecule has 30 heavy (non-hydrogen) atoms. The molecule has 154 valence electrons. The Balaban J connectivity index is 1.76. The van der Waals surface area contributed by atoms with Crippen LogP contribution in [0.15, 0.2) is 16.9 Å². The minimum absolute atomic E-state index is 0.247. The molecule has 0 spiro atoms. The van der Waals surface area contributed by atoms with Gasteiger partial charge in [-0.05, 0) is 60.9 Å². The molecule has 2 aliphatic rings. The van der Waals surface area contributed by atoms with Gasteiger partial charge in [0, 0.05) is 17.0 Å². The second-order valence-corrected chi connectivity index (χ2v) is 7.96. The molecule has 1 aliphatic heterocycles. The summed E-state index contributed by atoms with van der Waals surface area (Å²) in [6, 6.07) is 3.40. The number of aryl methyl sites for hydroxylation is 3. The summed E-state index contributed by atoms with van der Waals surface area (Å²) in [6.07, 6.45) is 1.79. The van der Waals surface area contributed by atoms with E-state index in [-0.39, 0.29) is 18.0 Å². The third kappa shape index (κ3) is 2.57. The first-order chi connectivity index (χ1) is 14.4. The first-order valence-electron chi connectivity index (χ1n) is 10.2. The minimum Gasteiger partial charge on any atom is -0.450 e. The maximum atomic E-state index is 14.5. The number of ether oxygens (including phenoxy) is 1. The van der Waals surface area contributed by atoms with Crippen LogP contribution in [0.25, 0.3) is 22.3 Å². The van der Waals surface area contributed by atoms with Crippen LogP contribution in [0, 0.1) is 12.7 Å². The highest BCUT2D eigenvalue weighted by atomic mass is 19.1. The largest absolute Gasteiger partial charge is 0.506 e. The van der Waals surface area contributed by atoms with Gasteiger partial charge in [-0.25, -0.2) is 14.2 Å². The molecule has 3 aromatic rings. The number of nitrogens with zero attached hydrogens (tertiary/aromatic N) is 2. The number of aromatic nitrogens is 2. The van der Waals surface area contributed by atoms with Crippen LogP contribution < -0.4 is 5.56 Å². The highest BCUT2D eigenvalue weighted by Gasteiger charge is 2.30. The number of carboxylic acid groups (broad SMARTS) is 1. The molecule has 0 saturated heterocycles. The smallest absolute Gasteiger partial charge is 0.450 e. The summed E-state index contributed by atoms with van der Waals surface area (Å²) in [5, 5.41) is 9.88. The summed E-state index contributed by atoms with van der Waals surface area (Å²) in [6.45, 7) is 3.84. The van der Waals surface area contributed by atoms with Gasteiger partial charge >= 0.3 is 6.16 Å². The van der Waals surface area contributed by atoms with Crippen molar-refractivity contribution in [2.75, 3.05) is 0 Å². The monoisotopic (exact) mass is 408 g/mol. The summed E-state index contributed by atoms with van der Waals surface area (Å²) >= 11 is 0. The van der Waals surface area contributed by atoms with E-state index >= 15 is 0 Å². The quantitative estimate of drug-likeness (QED) is 0.516. The van der Waals surface area contributed by atoms with Gasteiger partial charge in [-0.3, -0.25) is 4.79 Å². The third-order valence-corrected chi connectivity index (χ3v) is 6.44. The lowest BCUT2D eigenvalue weighted by Crippen LogP contribution is -2.26. The number of hydrogen-bond acceptors (Lipinski definition) is 4. The average Bonchev–Trinajstić information content (AvgIpc) is 3.10. The molecule has 0 saturated carbocycles.